The van der Waals surface area contributed by atoms with Gasteiger partial charge in [-0.25, -0.2) is 0 Å². The number of aliphatic hydroxyl groups excluding tert-OH is 1. The van der Waals surface area contributed by atoms with Gasteiger partial charge >= 0.3 is 0 Å². The van der Waals surface area contributed by atoms with E-state index in [0.29, 0.717) is 13.2 Å². The van der Waals surface area contributed by atoms with Crippen molar-refractivity contribution in [2.45, 2.75) is 45.3 Å². The predicted molar refractivity (Wildman–Crippen MR) is 79.4 cm³/mol. The number of nitrogens with one attached hydrogen (secondary N) is 1. The fraction of sp³-hybridized carbons (Fsp3) is 0.625. The molecule has 2 atom stereocenters. The van der Waals surface area contributed by atoms with Gasteiger partial charge in [0.05, 0.1) is 6.10 Å². The Bertz CT molecular complexity index is 422. The highest BCUT2D eigenvalue weighted by molar-refractivity contribution is 5.44. The van der Waals surface area contributed by atoms with Crippen molar-refractivity contribution in [2.24, 2.45) is 0 Å². The highest BCUT2D eigenvalue weighted by atomic mass is 16.6. The molecule has 0 bridgehead atoms. The number of hydrogen-bond acceptors (Lipinski definition) is 4. The maximum Gasteiger partial charge on any atom is 0.161 e. The van der Waals surface area contributed by atoms with Gasteiger partial charge in [-0.1, -0.05) is 19.9 Å². The molecule has 0 radical (unpaired) electrons. The van der Waals surface area contributed by atoms with Gasteiger partial charge in [-0.2, -0.15) is 0 Å². The van der Waals surface area contributed by atoms with Gasteiger partial charge in [0.1, 0.15) is 13.2 Å². The first kappa shape index (κ1) is 15.1. The van der Waals surface area contributed by atoms with Crippen LogP contribution in [0.1, 0.15) is 44.7 Å². The second-order valence-corrected chi connectivity index (χ2v) is 5.17. The van der Waals surface area contributed by atoms with E-state index in [-0.39, 0.29) is 12.1 Å². The van der Waals surface area contributed by atoms with Crippen LogP contribution in [-0.4, -0.2) is 31.0 Å². The molecule has 1 aromatic carbocycles. The Hall–Kier alpha value is -1.26. The standard InChI is InChI=1S/C16H25NO3/c1-3-13(18)7-8-17-14(4-2)12-5-6-15-16(11-12)20-10-9-19-15/h5-6,11,13-14,17-18H,3-4,7-10H2,1-2H3. The fourth-order valence-electron chi connectivity index (χ4n) is 2.40. The van der Waals surface area contributed by atoms with Crippen LogP contribution in [0.2, 0.25) is 0 Å². The number of aliphatic hydroxyl groups is 1. The van der Waals surface area contributed by atoms with E-state index >= 15 is 0 Å². The van der Waals surface area contributed by atoms with Gasteiger partial charge in [0.2, 0.25) is 0 Å². The van der Waals surface area contributed by atoms with Crippen molar-refractivity contribution in [3.63, 3.8) is 0 Å². The van der Waals surface area contributed by atoms with Crippen molar-refractivity contribution in [3.8, 4) is 11.5 Å². The third kappa shape index (κ3) is 3.87. The van der Waals surface area contributed by atoms with Gasteiger partial charge in [0, 0.05) is 6.04 Å². The van der Waals surface area contributed by atoms with Gasteiger partial charge in [-0.15, -0.1) is 0 Å². The molecule has 0 fully saturated rings. The maximum absolute atomic E-state index is 9.60. The Morgan fingerprint density at radius 2 is 1.90 bits per heavy atom. The first-order valence-electron chi connectivity index (χ1n) is 7.55. The molecule has 1 aromatic rings. The normalized spacial score (nSPS) is 16.8. The van der Waals surface area contributed by atoms with E-state index in [1.165, 1.54) is 5.56 Å². The monoisotopic (exact) mass is 279 g/mol. The van der Waals surface area contributed by atoms with Crippen LogP contribution >= 0.6 is 0 Å². The van der Waals surface area contributed by atoms with Crippen molar-refractivity contribution in [1.29, 1.82) is 0 Å². The lowest BCUT2D eigenvalue weighted by atomic mass is 10.0. The Morgan fingerprint density at radius 3 is 2.60 bits per heavy atom. The fourth-order valence-corrected chi connectivity index (χ4v) is 2.40. The molecule has 0 spiro atoms. The zero-order valence-corrected chi connectivity index (χ0v) is 12.4. The summed E-state index contributed by atoms with van der Waals surface area (Å²) >= 11 is 0. The third-order valence-electron chi connectivity index (χ3n) is 3.72. The molecule has 0 saturated heterocycles. The zero-order valence-electron chi connectivity index (χ0n) is 12.4. The zero-order chi connectivity index (χ0) is 14.4. The van der Waals surface area contributed by atoms with Gasteiger partial charge in [0.25, 0.3) is 0 Å². The summed E-state index contributed by atoms with van der Waals surface area (Å²) in [6, 6.07) is 6.42. The summed E-state index contributed by atoms with van der Waals surface area (Å²) in [6.45, 7) is 6.22. The molecule has 1 aliphatic rings. The molecule has 4 nitrogen and oxygen atoms in total. The summed E-state index contributed by atoms with van der Waals surface area (Å²) in [7, 11) is 0. The molecule has 112 valence electrons. The SMILES string of the molecule is CCC(O)CCNC(CC)c1ccc2c(c1)OCCO2. The molecule has 4 heteroatoms. The summed E-state index contributed by atoms with van der Waals surface area (Å²) in [5, 5.41) is 13.1. The van der Waals surface area contributed by atoms with E-state index in [0.717, 1.165) is 37.3 Å². The number of rotatable bonds is 7. The maximum atomic E-state index is 9.60. The Labute approximate surface area is 121 Å². The minimum atomic E-state index is -0.208. The van der Waals surface area contributed by atoms with E-state index in [1.54, 1.807) is 0 Å². The molecule has 20 heavy (non-hydrogen) atoms. The van der Waals surface area contributed by atoms with E-state index < -0.39 is 0 Å². The van der Waals surface area contributed by atoms with Crippen LogP contribution in [0.15, 0.2) is 18.2 Å². The lowest BCUT2D eigenvalue weighted by Crippen LogP contribution is -2.25. The molecule has 2 rings (SSSR count). The van der Waals surface area contributed by atoms with Crippen molar-refractivity contribution >= 4 is 0 Å². The number of fused-ring (bicyclic) bond motifs is 1. The molecular weight excluding hydrogens is 254 g/mol. The highest BCUT2D eigenvalue weighted by Crippen LogP contribution is 2.33. The van der Waals surface area contributed by atoms with Crippen molar-refractivity contribution in [2.75, 3.05) is 19.8 Å². The van der Waals surface area contributed by atoms with Gasteiger partial charge in [-0.3, -0.25) is 0 Å². The number of ether oxygens (including phenoxy) is 2. The lowest BCUT2D eigenvalue weighted by Gasteiger charge is -2.22. The van der Waals surface area contributed by atoms with E-state index in [9.17, 15) is 5.11 Å². The molecule has 0 aliphatic carbocycles. The molecule has 0 amide bonds. The average Bonchev–Trinajstić information content (AvgIpc) is 2.51. The van der Waals surface area contributed by atoms with Crippen LogP contribution in [-0.2, 0) is 0 Å². The minimum Gasteiger partial charge on any atom is -0.486 e. The Kier molecular flexibility index (Phi) is 5.68. The molecule has 1 aliphatic heterocycles. The topological polar surface area (TPSA) is 50.7 Å². The van der Waals surface area contributed by atoms with Crippen LogP contribution < -0.4 is 14.8 Å². The van der Waals surface area contributed by atoms with Crippen molar-refractivity contribution < 1.29 is 14.6 Å². The second-order valence-electron chi connectivity index (χ2n) is 5.17. The molecule has 0 saturated carbocycles. The summed E-state index contributed by atoms with van der Waals surface area (Å²) < 4.78 is 11.2. The number of benzene rings is 1. The van der Waals surface area contributed by atoms with E-state index in [4.69, 9.17) is 9.47 Å². The van der Waals surface area contributed by atoms with Crippen LogP contribution in [0, 0.1) is 0 Å². The van der Waals surface area contributed by atoms with Crippen LogP contribution in [0.3, 0.4) is 0 Å². The van der Waals surface area contributed by atoms with Gasteiger partial charge in [0.15, 0.2) is 11.5 Å². The van der Waals surface area contributed by atoms with Crippen molar-refractivity contribution in [3.05, 3.63) is 23.8 Å². The summed E-state index contributed by atoms with van der Waals surface area (Å²) in [6.07, 6.45) is 2.39. The summed E-state index contributed by atoms with van der Waals surface area (Å²) in [4.78, 5) is 0. The predicted octanol–water partition coefficient (Wildman–Crippen LogP) is 2.66. The quantitative estimate of drug-likeness (QED) is 0.805. The summed E-state index contributed by atoms with van der Waals surface area (Å²) in [5.74, 6) is 1.67. The molecule has 2 unspecified atom stereocenters. The lowest BCUT2D eigenvalue weighted by molar-refractivity contribution is 0.158. The smallest absolute Gasteiger partial charge is 0.161 e. The molecule has 0 aromatic heterocycles. The van der Waals surface area contributed by atoms with Crippen LogP contribution in [0.4, 0.5) is 0 Å². The third-order valence-corrected chi connectivity index (χ3v) is 3.72. The Balaban J connectivity index is 1.96. The number of hydrogen-bond donors (Lipinski definition) is 2. The van der Waals surface area contributed by atoms with Gasteiger partial charge < -0.3 is 19.9 Å². The van der Waals surface area contributed by atoms with Crippen LogP contribution in [0.25, 0.3) is 0 Å². The van der Waals surface area contributed by atoms with E-state index in [2.05, 4.69) is 24.4 Å². The average molecular weight is 279 g/mol. The first-order chi connectivity index (χ1) is 9.74. The first-order valence-corrected chi connectivity index (χ1v) is 7.55. The molecular formula is C16H25NO3. The second kappa shape index (κ2) is 7.50. The molecule has 2 N–H and O–H groups in total. The van der Waals surface area contributed by atoms with E-state index in [1.807, 2.05) is 13.0 Å². The summed E-state index contributed by atoms with van der Waals surface area (Å²) in [5.41, 5.74) is 1.21. The minimum absolute atomic E-state index is 0.208. The molecule has 1 heterocycles. The van der Waals surface area contributed by atoms with Gasteiger partial charge in [-0.05, 0) is 43.5 Å². The largest absolute Gasteiger partial charge is 0.486 e. The Morgan fingerprint density at radius 1 is 1.15 bits per heavy atom. The highest BCUT2D eigenvalue weighted by Gasteiger charge is 2.15. The van der Waals surface area contributed by atoms with Crippen molar-refractivity contribution in [1.82, 2.24) is 5.32 Å². The van der Waals surface area contributed by atoms with Crippen LogP contribution in [0.5, 0.6) is 11.5 Å².